The standard InChI is InChI=1S/C18H16Si/c1-3-11-14-16-12-9(2)18(19-11)17(14)13(15(12)16)10-7-5-4-6-8-10/h4-8,11,16,19H,3H2,1-2H3. The van der Waals surface area contributed by atoms with Crippen molar-refractivity contribution in [2.75, 3.05) is 0 Å². The summed E-state index contributed by atoms with van der Waals surface area (Å²) in [5.74, 6) is 0.758. The van der Waals surface area contributed by atoms with E-state index in [0.717, 1.165) is 11.5 Å². The monoisotopic (exact) mass is 260 g/mol. The zero-order valence-electron chi connectivity index (χ0n) is 11.3. The van der Waals surface area contributed by atoms with Gasteiger partial charge in [0.05, 0.1) is 0 Å². The Morgan fingerprint density at radius 2 is 1.89 bits per heavy atom. The fraction of sp³-hybridized carbons (Fsp3) is 0.278. The predicted octanol–water partition coefficient (Wildman–Crippen LogP) is 3.17. The van der Waals surface area contributed by atoms with Crippen LogP contribution in [0.25, 0.3) is 16.7 Å². The van der Waals surface area contributed by atoms with Crippen molar-refractivity contribution < 1.29 is 0 Å². The molecule has 19 heavy (non-hydrogen) atoms. The Balaban J connectivity index is 1.93. The number of rotatable bonds is 2. The maximum atomic E-state index is 2.37. The van der Waals surface area contributed by atoms with Gasteiger partial charge in [0.1, 0.15) is 0 Å². The van der Waals surface area contributed by atoms with Crippen LogP contribution >= 0.6 is 0 Å². The molecular weight excluding hydrogens is 244 g/mol. The minimum absolute atomic E-state index is 0.486. The zero-order valence-corrected chi connectivity index (χ0v) is 12.5. The summed E-state index contributed by atoms with van der Waals surface area (Å²) in [6, 6.07) is 11.1. The first-order chi connectivity index (χ1) is 9.33. The molecule has 0 saturated heterocycles. The summed E-state index contributed by atoms with van der Waals surface area (Å²) in [6.45, 7) is 4.74. The van der Waals surface area contributed by atoms with Crippen molar-refractivity contribution in [3.63, 3.8) is 0 Å². The van der Waals surface area contributed by atoms with Crippen molar-refractivity contribution in [1.29, 1.82) is 0 Å². The van der Waals surface area contributed by atoms with E-state index in [1.54, 1.807) is 32.3 Å². The fourth-order valence-corrected chi connectivity index (χ4v) is 6.48. The van der Waals surface area contributed by atoms with Crippen molar-refractivity contribution in [3.05, 3.63) is 57.1 Å². The Kier molecular flexibility index (Phi) is 1.72. The Morgan fingerprint density at radius 1 is 1.11 bits per heavy atom. The second kappa shape index (κ2) is 3.16. The van der Waals surface area contributed by atoms with E-state index in [-0.39, 0.29) is 0 Å². The molecule has 6 rings (SSSR count). The molecule has 0 amide bonds. The molecule has 3 aliphatic carbocycles. The molecule has 2 aromatic rings. The highest BCUT2D eigenvalue weighted by Crippen LogP contribution is 2.62. The molecule has 4 aliphatic rings. The fourth-order valence-electron chi connectivity index (χ4n) is 4.42. The normalized spacial score (nSPS) is 23.8. The summed E-state index contributed by atoms with van der Waals surface area (Å²) < 4.78 is 0. The average Bonchev–Trinajstić information content (AvgIpc) is 2.96. The number of hydrogen-bond acceptors (Lipinski definition) is 0. The lowest BCUT2D eigenvalue weighted by molar-refractivity contribution is 0.940. The summed E-state index contributed by atoms with van der Waals surface area (Å²) in [5, 5.41) is 1.69. The molecule has 6 bridgehead atoms. The summed E-state index contributed by atoms with van der Waals surface area (Å²) in [4.78, 5) is 1.76. The van der Waals surface area contributed by atoms with Gasteiger partial charge in [-0.3, -0.25) is 0 Å². The third kappa shape index (κ3) is 1.02. The van der Waals surface area contributed by atoms with Crippen molar-refractivity contribution in [2.24, 2.45) is 0 Å². The number of hydrogen-bond donors (Lipinski definition) is 0. The van der Waals surface area contributed by atoms with Crippen LogP contribution < -0.4 is 5.22 Å². The maximum absolute atomic E-state index is 2.37. The lowest BCUT2D eigenvalue weighted by atomic mass is 9.95. The highest BCUT2D eigenvalue weighted by Gasteiger charge is 2.49. The number of benzene rings is 2. The van der Waals surface area contributed by atoms with E-state index in [4.69, 9.17) is 0 Å². The van der Waals surface area contributed by atoms with E-state index in [0.29, 0.717) is 9.13 Å². The highest BCUT2D eigenvalue weighted by molar-refractivity contribution is 6.37. The maximum Gasteiger partial charge on any atom is 0.0326 e. The van der Waals surface area contributed by atoms with Crippen LogP contribution in [0.4, 0.5) is 0 Å². The molecule has 92 valence electrons. The first-order valence-corrected chi connectivity index (χ1v) is 8.55. The molecule has 1 heterocycles. The summed E-state index contributed by atoms with van der Waals surface area (Å²) in [5.41, 5.74) is 10.8. The van der Waals surface area contributed by atoms with Crippen molar-refractivity contribution >= 4 is 14.7 Å². The molecule has 2 atom stereocenters. The first kappa shape index (κ1) is 10.3. The SMILES string of the molecule is CCC1[SiH]=c2c(C)c3c4c(-c5ccccc5)c2=C1C34. The Labute approximate surface area is 115 Å². The molecule has 0 spiro atoms. The Morgan fingerprint density at radius 3 is 2.63 bits per heavy atom. The van der Waals surface area contributed by atoms with Crippen LogP contribution in [0.5, 0.6) is 0 Å². The van der Waals surface area contributed by atoms with Crippen LogP contribution in [-0.4, -0.2) is 9.13 Å². The van der Waals surface area contributed by atoms with Gasteiger partial charge in [0.15, 0.2) is 0 Å². The lowest BCUT2D eigenvalue weighted by Gasteiger charge is -2.10. The molecule has 0 aromatic heterocycles. The minimum Gasteiger partial charge on any atom is -0.0648 e. The van der Waals surface area contributed by atoms with Gasteiger partial charge in [-0.2, -0.15) is 0 Å². The van der Waals surface area contributed by atoms with Crippen LogP contribution in [0.15, 0.2) is 30.3 Å². The first-order valence-electron chi connectivity index (χ1n) is 7.30. The smallest absolute Gasteiger partial charge is 0.0326 e. The Bertz CT molecular complexity index is 859. The van der Waals surface area contributed by atoms with Gasteiger partial charge in [0, 0.05) is 15.0 Å². The summed E-state index contributed by atoms with van der Waals surface area (Å²) in [6.07, 6.45) is 1.34. The third-order valence-electron chi connectivity index (χ3n) is 5.25. The van der Waals surface area contributed by atoms with Crippen LogP contribution in [-0.2, 0) is 0 Å². The molecule has 0 saturated carbocycles. The van der Waals surface area contributed by atoms with Gasteiger partial charge in [-0.1, -0.05) is 37.3 Å². The van der Waals surface area contributed by atoms with Crippen molar-refractivity contribution in [2.45, 2.75) is 31.7 Å². The molecule has 2 unspecified atom stereocenters. The third-order valence-corrected chi connectivity index (χ3v) is 7.54. The topological polar surface area (TPSA) is 0 Å². The van der Waals surface area contributed by atoms with E-state index < -0.39 is 0 Å². The van der Waals surface area contributed by atoms with Gasteiger partial charge in [-0.05, 0) is 62.3 Å². The van der Waals surface area contributed by atoms with Crippen LogP contribution in [0.3, 0.4) is 0 Å². The van der Waals surface area contributed by atoms with E-state index in [9.17, 15) is 0 Å². The molecule has 0 fully saturated rings. The molecule has 0 nitrogen and oxygen atoms in total. The second-order valence-electron chi connectivity index (χ2n) is 6.05. The lowest BCUT2D eigenvalue weighted by Crippen LogP contribution is -2.10. The molecule has 0 N–H and O–H groups in total. The van der Waals surface area contributed by atoms with E-state index >= 15 is 0 Å². The van der Waals surface area contributed by atoms with Gasteiger partial charge >= 0.3 is 0 Å². The average molecular weight is 260 g/mol. The summed E-state index contributed by atoms with van der Waals surface area (Å²) >= 11 is 0. The van der Waals surface area contributed by atoms with E-state index in [2.05, 4.69) is 44.2 Å². The molecule has 1 aliphatic heterocycles. The van der Waals surface area contributed by atoms with Gasteiger partial charge in [0.25, 0.3) is 0 Å². The van der Waals surface area contributed by atoms with Gasteiger partial charge in [-0.15, -0.1) is 0 Å². The van der Waals surface area contributed by atoms with Gasteiger partial charge < -0.3 is 0 Å². The molecule has 0 radical (unpaired) electrons. The Hall–Kier alpha value is -1.47. The van der Waals surface area contributed by atoms with Gasteiger partial charge in [0.2, 0.25) is 0 Å². The highest BCUT2D eigenvalue weighted by atomic mass is 28.2. The van der Waals surface area contributed by atoms with Gasteiger partial charge in [-0.25, -0.2) is 0 Å². The molecular formula is C18H16Si. The largest absolute Gasteiger partial charge is 0.0648 e. The zero-order chi connectivity index (χ0) is 12.7. The van der Waals surface area contributed by atoms with Crippen LogP contribution in [0, 0.1) is 11.7 Å². The minimum atomic E-state index is 0.486. The van der Waals surface area contributed by atoms with E-state index in [1.165, 1.54) is 12.0 Å². The van der Waals surface area contributed by atoms with Crippen molar-refractivity contribution in [1.82, 2.24) is 0 Å². The second-order valence-corrected chi connectivity index (χ2v) is 7.77. The quantitative estimate of drug-likeness (QED) is 0.728. The van der Waals surface area contributed by atoms with Crippen LogP contribution in [0.2, 0.25) is 5.54 Å². The predicted molar refractivity (Wildman–Crippen MR) is 81.5 cm³/mol. The van der Waals surface area contributed by atoms with Crippen molar-refractivity contribution in [3.8, 4) is 11.1 Å². The molecule has 2 aromatic carbocycles. The molecule has 1 heteroatoms. The summed E-state index contributed by atoms with van der Waals surface area (Å²) in [7, 11) is 0.486. The van der Waals surface area contributed by atoms with Crippen LogP contribution in [0.1, 0.15) is 36.0 Å². The van der Waals surface area contributed by atoms with E-state index in [1.807, 2.05) is 5.57 Å².